The average Bonchev–Trinajstić information content (AvgIpc) is 3.01. The van der Waals surface area contributed by atoms with E-state index in [0.717, 1.165) is 17.2 Å². The van der Waals surface area contributed by atoms with Gasteiger partial charge in [-0.25, -0.2) is 5.48 Å². The molecule has 2 amide bonds. The van der Waals surface area contributed by atoms with E-state index in [0.29, 0.717) is 37.8 Å². The summed E-state index contributed by atoms with van der Waals surface area (Å²) in [6.07, 6.45) is -2.18. The van der Waals surface area contributed by atoms with E-state index in [1.54, 1.807) is 23.7 Å². The van der Waals surface area contributed by atoms with Gasteiger partial charge in [0.05, 0.1) is 11.0 Å². The molecule has 0 bridgehead atoms. The lowest BCUT2D eigenvalue weighted by atomic mass is 9.70. The molecule has 2 aliphatic rings. The first-order valence-electron chi connectivity index (χ1n) is 9.74. The van der Waals surface area contributed by atoms with Crippen molar-refractivity contribution in [3.63, 3.8) is 0 Å². The maximum atomic E-state index is 13.3. The van der Waals surface area contributed by atoms with Gasteiger partial charge in [0.2, 0.25) is 5.91 Å². The standard InChI is InChI=1S/C22H21F3N2O3/c23-22(24,25)18-4-2-1-3-16(18)13-27-10-9-21(20(27)29)8-7-14-5-6-15(19(28)26-30)11-17(14)12-21/h1-6,11,30H,7-10,12-13H2,(H,26,28)/t21-/m0/s1. The number of halogens is 3. The number of amides is 2. The Hall–Kier alpha value is -2.87. The number of benzene rings is 2. The minimum atomic E-state index is -4.47. The number of hydroxylamine groups is 1. The van der Waals surface area contributed by atoms with E-state index < -0.39 is 23.1 Å². The van der Waals surface area contributed by atoms with Crippen molar-refractivity contribution in [2.24, 2.45) is 5.41 Å². The fraction of sp³-hybridized carbons (Fsp3) is 0.364. The molecule has 158 valence electrons. The zero-order valence-corrected chi connectivity index (χ0v) is 16.1. The summed E-state index contributed by atoms with van der Waals surface area (Å²) in [5.41, 5.74) is 2.54. The predicted molar refractivity (Wildman–Crippen MR) is 102 cm³/mol. The molecule has 5 nitrogen and oxygen atoms in total. The second-order valence-electron chi connectivity index (χ2n) is 8.01. The van der Waals surface area contributed by atoms with Crippen LogP contribution in [0.5, 0.6) is 0 Å². The van der Waals surface area contributed by atoms with E-state index in [-0.39, 0.29) is 18.0 Å². The van der Waals surface area contributed by atoms with Gasteiger partial charge >= 0.3 is 6.18 Å². The van der Waals surface area contributed by atoms with Gasteiger partial charge in [-0.15, -0.1) is 0 Å². The number of aryl methyl sites for hydroxylation is 1. The van der Waals surface area contributed by atoms with Crippen molar-refractivity contribution in [1.29, 1.82) is 0 Å². The Bertz CT molecular complexity index is 1010. The monoisotopic (exact) mass is 418 g/mol. The highest BCUT2D eigenvalue weighted by atomic mass is 19.4. The molecular formula is C22H21F3N2O3. The summed E-state index contributed by atoms with van der Waals surface area (Å²) < 4.78 is 39.9. The van der Waals surface area contributed by atoms with Crippen LogP contribution in [0.4, 0.5) is 13.2 Å². The average molecular weight is 418 g/mol. The van der Waals surface area contributed by atoms with Gasteiger partial charge in [0, 0.05) is 18.7 Å². The Morgan fingerprint density at radius 3 is 2.63 bits per heavy atom. The summed E-state index contributed by atoms with van der Waals surface area (Å²) in [6.45, 7) is 0.327. The number of hydrogen-bond acceptors (Lipinski definition) is 3. The minimum absolute atomic E-state index is 0.0733. The number of likely N-dealkylation sites (tertiary alicyclic amines) is 1. The first-order chi connectivity index (χ1) is 14.2. The molecule has 1 fully saturated rings. The van der Waals surface area contributed by atoms with Crippen molar-refractivity contribution < 1.29 is 28.0 Å². The molecule has 0 radical (unpaired) electrons. The van der Waals surface area contributed by atoms with E-state index in [1.165, 1.54) is 17.0 Å². The molecule has 1 spiro atoms. The molecule has 0 aromatic heterocycles. The Labute approximate surface area is 171 Å². The zero-order chi connectivity index (χ0) is 21.5. The summed E-state index contributed by atoms with van der Waals surface area (Å²) in [4.78, 5) is 26.5. The molecule has 1 atom stereocenters. The summed E-state index contributed by atoms with van der Waals surface area (Å²) >= 11 is 0. The lowest BCUT2D eigenvalue weighted by Crippen LogP contribution is -2.38. The first kappa shape index (κ1) is 20.4. The maximum absolute atomic E-state index is 13.3. The molecule has 2 N–H and O–H groups in total. The summed E-state index contributed by atoms with van der Waals surface area (Å²) in [7, 11) is 0. The third kappa shape index (κ3) is 3.56. The molecule has 1 aliphatic carbocycles. The van der Waals surface area contributed by atoms with Crippen molar-refractivity contribution in [2.75, 3.05) is 6.54 Å². The molecule has 1 saturated heterocycles. The molecular weight excluding hydrogens is 397 g/mol. The van der Waals surface area contributed by atoms with E-state index in [1.807, 2.05) is 6.07 Å². The van der Waals surface area contributed by atoms with Crippen LogP contribution in [0.1, 0.15) is 45.5 Å². The Balaban J connectivity index is 1.57. The largest absolute Gasteiger partial charge is 0.416 e. The fourth-order valence-corrected chi connectivity index (χ4v) is 4.65. The maximum Gasteiger partial charge on any atom is 0.416 e. The van der Waals surface area contributed by atoms with Gasteiger partial charge in [0.15, 0.2) is 0 Å². The van der Waals surface area contributed by atoms with Crippen LogP contribution in [0.3, 0.4) is 0 Å². The van der Waals surface area contributed by atoms with E-state index in [4.69, 9.17) is 5.21 Å². The number of nitrogens with zero attached hydrogens (tertiary/aromatic N) is 1. The summed E-state index contributed by atoms with van der Waals surface area (Å²) in [5.74, 6) is -0.761. The smallest absolute Gasteiger partial charge is 0.338 e. The van der Waals surface area contributed by atoms with Crippen LogP contribution in [0.25, 0.3) is 0 Å². The van der Waals surface area contributed by atoms with E-state index in [2.05, 4.69) is 0 Å². The van der Waals surface area contributed by atoms with Gasteiger partial charge < -0.3 is 4.90 Å². The molecule has 0 unspecified atom stereocenters. The van der Waals surface area contributed by atoms with Gasteiger partial charge in [-0.2, -0.15) is 13.2 Å². The molecule has 2 aromatic carbocycles. The van der Waals surface area contributed by atoms with Crippen molar-refractivity contribution in [3.8, 4) is 0 Å². The number of nitrogens with one attached hydrogen (secondary N) is 1. The van der Waals surface area contributed by atoms with Crippen molar-refractivity contribution in [3.05, 3.63) is 70.3 Å². The van der Waals surface area contributed by atoms with Crippen molar-refractivity contribution in [1.82, 2.24) is 10.4 Å². The minimum Gasteiger partial charge on any atom is -0.338 e. The number of alkyl halides is 3. The molecule has 1 heterocycles. The number of rotatable bonds is 3. The molecule has 0 saturated carbocycles. The molecule has 4 rings (SSSR count). The van der Waals surface area contributed by atoms with Gasteiger partial charge in [0.1, 0.15) is 0 Å². The molecule has 1 aliphatic heterocycles. The van der Waals surface area contributed by atoms with Crippen LogP contribution in [0, 0.1) is 5.41 Å². The lowest BCUT2D eigenvalue weighted by Gasteiger charge is -2.33. The summed E-state index contributed by atoms with van der Waals surface area (Å²) in [6, 6.07) is 10.5. The van der Waals surface area contributed by atoms with Gasteiger partial charge in [-0.3, -0.25) is 14.8 Å². The second kappa shape index (κ2) is 7.43. The van der Waals surface area contributed by atoms with E-state index in [9.17, 15) is 22.8 Å². The lowest BCUT2D eigenvalue weighted by molar-refractivity contribution is -0.141. The normalized spacial score (nSPS) is 21.1. The molecule has 8 heteroatoms. The highest BCUT2D eigenvalue weighted by Gasteiger charge is 2.48. The highest BCUT2D eigenvalue weighted by Crippen LogP contribution is 2.44. The zero-order valence-electron chi connectivity index (χ0n) is 16.1. The molecule has 30 heavy (non-hydrogen) atoms. The third-order valence-corrected chi connectivity index (χ3v) is 6.26. The highest BCUT2D eigenvalue weighted by molar-refractivity contribution is 5.93. The van der Waals surface area contributed by atoms with Crippen LogP contribution in [0.15, 0.2) is 42.5 Å². The Morgan fingerprint density at radius 1 is 1.13 bits per heavy atom. The number of carbonyl (C=O) groups is 2. The number of hydrogen-bond donors (Lipinski definition) is 2. The topological polar surface area (TPSA) is 69.6 Å². The second-order valence-corrected chi connectivity index (χ2v) is 8.01. The summed E-state index contributed by atoms with van der Waals surface area (Å²) in [5, 5.41) is 8.85. The number of carbonyl (C=O) groups excluding carboxylic acids is 2. The molecule has 2 aromatic rings. The predicted octanol–water partition coefficient (Wildman–Crippen LogP) is 3.73. The third-order valence-electron chi connectivity index (χ3n) is 6.26. The van der Waals surface area contributed by atoms with Crippen molar-refractivity contribution >= 4 is 11.8 Å². The fourth-order valence-electron chi connectivity index (χ4n) is 4.65. The quantitative estimate of drug-likeness (QED) is 0.590. The Morgan fingerprint density at radius 2 is 1.90 bits per heavy atom. The van der Waals surface area contributed by atoms with Gasteiger partial charge in [-0.1, -0.05) is 24.3 Å². The van der Waals surface area contributed by atoms with Crippen LogP contribution in [0.2, 0.25) is 0 Å². The van der Waals surface area contributed by atoms with Crippen LogP contribution >= 0.6 is 0 Å². The van der Waals surface area contributed by atoms with Crippen molar-refractivity contribution in [2.45, 2.75) is 38.4 Å². The van der Waals surface area contributed by atoms with Crippen LogP contribution in [-0.2, 0) is 30.4 Å². The van der Waals surface area contributed by atoms with E-state index >= 15 is 0 Å². The van der Waals surface area contributed by atoms with Crippen LogP contribution in [-0.4, -0.2) is 28.5 Å². The first-order valence-corrected chi connectivity index (χ1v) is 9.74. The van der Waals surface area contributed by atoms with Gasteiger partial charge in [0.25, 0.3) is 5.91 Å². The SMILES string of the molecule is O=C(NO)c1ccc2c(c1)C[C@]1(CC2)CCN(Cc2ccccc2C(F)(F)F)C1=O. The van der Waals surface area contributed by atoms with Gasteiger partial charge in [-0.05, 0) is 60.6 Å². The Kier molecular flexibility index (Phi) is 5.05. The number of fused-ring (bicyclic) bond motifs is 1. The van der Waals surface area contributed by atoms with Crippen LogP contribution < -0.4 is 5.48 Å².